The number of ketones is 1. The summed E-state index contributed by atoms with van der Waals surface area (Å²) in [5, 5.41) is 29.9. The van der Waals surface area contributed by atoms with Crippen LogP contribution in [0.25, 0.3) is 0 Å². The van der Waals surface area contributed by atoms with Crippen molar-refractivity contribution in [2.24, 2.45) is 17.3 Å². The second kappa shape index (κ2) is 7.00. The Bertz CT molecular complexity index is 732. The number of allylic oxidation sites excluding steroid dienone is 1. The average Bonchev–Trinajstić information content (AvgIpc) is 3.00. The number of aliphatic carboxylic acids is 1. The molecule has 2 aliphatic carbocycles. The molecule has 1 saturated carbocycles. The lowest BCUT2D eigenvalue weighted by atomic mass is 9.55. The van der Waals surface area contributed by atoms with Crippen molar-refractivity contribution in [2.75, 3.05) is 0 Å². The van der Waals surface area contributed by atoms with Crippen LogP contribution in [0.3, 0.4) is 0 Å². The van der Waals surface area contributed by atoms with Gasteiger partial charge < -0.3 is 19.7 Å². The van der Waals surface area contributed by atoms with Gasteiger partial charge in [-0.3, -0.25) is 9.59 Å². The molecular formula is C20H26O6. The lowest BCUT2D eigenvalue weighted by Crippen LogP contribution is -2.49. The van der Waals surface area contributed by atoms with Crippen molar-refractivity contribution in [1.82, 2.24) is 0 Å². The van der Waals surface area contributed by atoms with Gasteiger partial charge in [0.05, 0.1) is 30.0 Å². The van der Waals surface area contributed by atoms with E-state index in [2.05, 4.69) is 0 Å². The minimum atomic E-state index is -0.876. The predicted molar refractivity (Wildman–Crippen MR) is 93.7 cm³/mol. The van der Waals surface area contributed by atoms with Crippen LogP contribution in [0, 0.1) is 24.2 Å². The van der Waals surface area contributed by atoms with E-state index in [0.29, 0.717) is 37.0 Å². The highest BCUT2D eigenvalue weighted by Gasteiger charge is 2.50. The van der Waals surface area contributed by atoms with Gasteiger partial charge in [0.25, 0.3) is 0 Å². The van der Waals surface area contributed by atoms with Gasteiger partial charge in [-0.05, 0) is 50.0 Å². The van der Waals surface area contributed by atoms with Crippen LogP contribution < -0.4 is 0 Å². The maximum absolute atomic E-state index is 12.5. The van der Waals surface area contributed by atoms with E-state index in [4.69, 9.17) is 4.42 Å². The molecule has 1 fully saturated rings. The molecule has 2 aliphatic rings. The molecule has 0 spiro atoms. The molecule has 142 valence electrons. The number of rotatable bonds is 5. The number of carboxylic acid groups (broad SMARTS) is 1. The first kappa shape index (κ1) is 18.9. The molecule has 1 heterocycles. The zero-order valence-electron chi connectivity index (χ0n) is 15.1. The van der Waals surface area contributed by atoms with Gasteiger partial charge in [-0.25, -0.2) is 0 Å². The van der Waals surface area contributed by atoms with Crippen molar-refractivity contribution in [2.45, 2.75) is 58.2 Å². The monoisotopic (exact) mass is 362 g/mol. The molecule has 0 aromatic carbocycles. The highest BCUT2D eigenvalue weighted by Crippen LogP contribution is 2.54. The zero-order chi connectivity index (χ0) is 19.1. The molecule has 1 aromatic rings. The molecule has 0 saturated heterocycles. The van der Waals surface area contributed by atoms with Gasteiger partial charge in [0.1, 0.15) is 5.76 Å². The molecule has 6 heteroatoms. The predicted octanol–water partition coefficient (Wildman–Crippen LogP) is 2.72. The lowest BCUT2D eigenvalue weighted by Gasteiger charge is -2.50. The first-order valence-corrected chi connectivity index (χ1v) is 9.09. The van der Waals surface area contributed by atoms with Crippen LogP contribution in [0.2, 0.25) is 0 Å². The summed E-state index contributed by atoms with van der Waals surface area (Å²) in [5.74, 6) is -1.23. The Morgan fingerprint density at radius 3 is 2.65 bits per heavy atom. The Morgan fingerprint density at radius 1 is 1.31 bits per heavy atom. The molecule has 0 bridgehead atoms. The number of hydrogen-bond donors (Lipinski definition) is 3. The molecule has 26 heavy (non-hydrogen) atoms. The molecule has 1 aromatic heterocycles. The van der Waals surface area contributed by atoms with E-state index in [1.54, 1.807) is 13.0 Å². The van der Waals surface area contributed by atoms with Crippen molar-refractivity contribution in [3.05, 3.63) is 35.3 Å². The number of aliphatic hydroxyl groups is 2. The lowest BCUT2D eigenvalue weighted by molar-refractivity contribution is -0.147. The molecule has 0 aliphatic heterocycles. The van der Waals surface area contributed by atoms with Crippen molar-refractivity contribution in [3.63, 3.8) is 0 Å². The minimum Gasteiger partial charge on any atom is -0.481 e. The Balaban J connectivity index is 1.83. The maximum atomic E-state index is 12.5. The summed E-state index contributed by atoms with van der Waals surface area (Å²) in [4.78, 5) is 24.3. The average molecular weight is 362 g/mol. The topological polar surface area (TPSA) is 108 Å². The van der Waals surface area contributed by atoms with Crippen LogP contribution in [0.4, 0.5) is 0 Å². The number of aliphatic hydroxyl groups excluding tert-OH is 2. The summed E-state index contributed by atoms with van der Waals surface area (Å²) in [6.45, 7) is 3.69. The number of carbonyl (C=O) groups excluding carboxylic acids is 1. The highest BCUT2D eigenvalue weighted by atomic mass is 16.4. The molecule has 2 unspecified atom stereocenters. The third kappa shape index (κ3) is 3.23. The minimum absolute atomic E-state index is 0.0588. The smallest absolute Gasteiger partial charge is 0.307 e. The molecule has 3 N–H and O–H groups in total. The van der Waals surface area contributed by atoms with Gasteiger partial charge in [0.15, 0.2) is 5.78 Å². The highest BCUT2D eigenvalue weighted by molar-refractivity contribution is 5.96. The van der Waals surface area contributed by atoms with Crippen LogP contribution in [0.15, 0.2) is 28.4 Å². The largest absolute Gasteiger partial charge is 0.481 e. The van der Waals surface area contributed by atoms with Gasteiger partial charge in [0, 0.05) is 6.42 Å². The summed E-state index contributed by atoms with van der Waals surface area (Å²) in [7, 11) is 0. The van der Waals surface area contributed by atoms with Crippen molar-refractivity contribution in [3.8, 4) is 0 Å². The van der Waals surface area contributed by atoms with Crippen LogP contribution in [0.5, 0.6) is 0 Å². The number of Topliss-reactive ketones (excluding diaryl/α,β-unsaturated/α-hetero) is 1. The van der Waals surface area contributed by atoms with E-state index < -0.39 is 29.5 Å². The number of aryl methyl sites for hydroxylation is 1. The number of hydrogen-bond acceptors (Lipinski definition) is 5. The molecule has 5 atom stereocenters. The first-order chi connectivity index (χ1) is 12.2. The second-order valence-corrected chi connectivity index (χ2v) is 7.83. The van der Waals surface area contributed by atoms with Crippen LogP contribution in [-0.2, 0) is 4.79 Å². The Kier molecular flexibility index (Phi) is 5.08. The molecule has 6 nitrogen and oxygen atoms in total. The van der Waals surface area contributed by atoms with Crippen molar-refractivity contribution < 1.29 is 29.3 Å². The zero-order valence-corrected chi connectivity index (χ0v) is 15.1. The van der Waals surface area contributed by atoms with E-state index >= 15 is 0 Å². The normalized spacial score (nSPS) is 34.1. The Labute approximate surface area is 152 Å². The van der Waals surface area contributed by atoms with Crippen LogP contribution in [0.1, 0.15) is 55.1 Å². The van der Waals surface area contributed by atoms with Gasteiger partial charge in [-0.2, -0.15) is 0 Å². The summed E-state index contributed by atoms with van der Waals surface area (Å²) in [5.41, 5.74) is 1.02. The van der Waals surface area contributed by atoms with E-state index in [1.165, 1.54) is 6.26 Å². The van der Waals surface area contributed by atoms with Gasteiger partial charge in [-0.15, -0.1) is 0 Å². The van der Waals surface area contributed by atoms with Crippen molar-refractivity contribution >= 4 is 11.8 Å². The number of fused-ring (bicyclic) bond motifs is 1. The summed E-state index contributed by atoms with van der Waals surface area (Å²) in [6.07, 6.45) is 3.42. The molecular weight excluding hydrogens is 336 g/mol. The van der Waals surface area contributed by atoms with Gasteiger partial charge >= 0.3 is 5.97 Å². The van der Waals surface area contributed by atoms with Crippen molar-refractivity contribution in [1.29, 1.82) is 0 Å². The third-order valence-corrected chi connectivity index (χ3v) is 6.32. The number of carbonyl (C=O) groups is 2. The van der Waals surface area contributed by atoms with Crippen LogP contribution in [-0.4, -0.2) is 39.3 Å². The third-order valence-electron chi connectivity index (χ3n) is 6.32. The summed E-state index contributed by atoms with van der Waals surface area (Å²) < 4.78 is 5.18. The van der Waals surface area contributed by atoms with Crippen LogP contribution >= 0.6 is 0 Å². The fourth-order valence-electron chi connectivity index (χ4n) is 4.77. The molecule has 0 radical (unpaired) electrons. The maximum Gasteiger partial charge on any atom is 0.307 e. The standard InChI is InChI=1S/C20H26O6/c1-11-13(7-8-26-11)16(21)6-5-15-14(19(24)25)4-3-12-9-17(22)18(23)10-20(12,15)2/h3,7-8,14-15,17-18,22-23H,4-6,9-10H2,1-2H3,(H,24,25)/t14?,15-,17+,18?,20-/m0/s1. The van der Waals surface area contributed by atoms with E-state index in [-0.39, 0.29) is 18.1 Å². The summed E-state index contributed by atoms with van der Waals surface area (Å²) in [6, 6.07) is 1.64. The SMILES string of the molecule is Cc1occc1C(=O)CC[C@H]1C(C(=O)O)CC=C2C[C@@H](O)C(O)C[C@@]21C. The first-order valence-electron chi connectivity index (χ1n) is 9.09. The van der Waals surface area contributed by atoms with E-state index in [1.807, 2.05) is 13.0 Å². The quantitative estimate of drug-likeness (QED) is 0.549. The van der Waals surface area contributed by atoms with Gasteiger partial charge in [-0.1, -0.05) is 18.6 Å². The molecule has 0 amide bonds. The Hall–Kier alpha value is -1.92. The molecule has 3 rings (SSSR count). The fourth-order valence-corrected chi connectivity index (χ4v) is 4.77. The summed E-state index contributed by atoms with van der Waals surface area (Å²) >= 11 is 0. The number of furan rings is 1. The Morgan fingerprint density at radius 2 is 2.04 bits per heavy atom. The van der Waals surface area contributed by atoms with E-state index in [0.717, 1.165) is 5.57 Å². The van der Waals surface area contributed by atoms with Gasteiger partial charge in [0.2, 0.25) is 0 Å². The number of carboxylic acids is 1. The second-order valence-electron chi connectivity index (χ2n) is 7.83. The van der Waals surface area contributed by atoms with E-state index in [9.17, 15) is 24.9 Å². The fraction of sp³-hybridized carbons (Fsp3) is 0.600.